The molecule has 1 atom stereocenters. The van der Waals surface area contributed by atoms with Crippen LogP contribution in [0.5, 0.6) is 0 Å². The quantitative estimate of drug-likeness (QED) is 0.561. The third kappa shape index (κ3) is 20.0. The first-order chi connectivity index (χ1) is 8.02. The van der Waals surface area contributed by atoms with Gasteiger partial charge in [0.05, 0.1) is 0 Å². The summed E-state index contributed by atoms with van der Waals surface area (Å²) < 4.78 is 0. The molecule has 0 radical (unpaired) electrons. The van der Waals surface area contributed by atoms with Crippen LogP contribution < -0.4 is 0 Å². The molecule has 0 spiro atoms. The van der Waals surface area contributed by atoms with E-state index in [9.17, 15) is 9.59 Å². The van der Waals surface area contributed by atoms with E-state index in [0.29, 0.717) is 0 Å². The predicted octanol–water partition coefficient (Wildman–Crippen LogP) is 4.15. The highest BCUT2D eigenvalue weighted by Crippen LogP contribution is 2.14. The van der Waals surface area contributed by atoms with Crippen LogP contribution in [0.4, 0.5) is 0 Å². The second-order valence-electron chi connectivity index (χ2n) is 4.76. The van der Waals surface area contributed by atoms with Crippen LogP contribution in [-0.4, -0.2) is 22.2 Å². The van der Waals surface area contributed by atoms with Crippen LogP contribution in [0.15, 0.2) is 0 Å². The Morgan fingerprint density at radius 2 is 1.32 bits per heavy atom. The molecule has 4 nitrogen and oxygen atoms in total. The fourth-order valence-corrected chi connectivity index (χ4v) is 1.88. The molecule has 0 aromatic carbocycles. The van der Waals surface area contributed by atoms with Gasteiger partial charge in [-0.05, 0) is 12.3 Å². The van der Waals surface area contributed by atoms with Gasteiger partial charge in [-0.15, -0.1) is 24.8 Å². The third-order valence-electron chi connectivity index (χ3n) is 2.86. The van der Waals surface area contributed by atoms with E-state index in [1.807, 2.05) is 6.92 Å². The summed E-state index contributed by atoms with van der Waals surface area (Å²) in [4.78, 5) is 20.7. The summed E-state index contributed by atoms with van der Waals surface area (Å²) in [5.74, 6) is -1.17. The van der Waals surface area contributed by atoms with Crippen LogP contribution >= 0.6 is 24.8 Å². The number of halogens is 2. The lowest BCUT2D eigenvalue weighted by molar-refractivity contribution is -0.138. The molecule has 0 saturated carbocycles. The van der Waals surface area contributed by atoms with E-state index < -0.39 is 11.9 Å². The van der Waals surface area contributed by atoms with Gasteiger partial charge in [0.1, 0.15) is 0 Å². The van der Waals surface area contributed by atoms with Crippen molar-refractivity contribution in [3.8, 4) is 0 Å². The van der Waals surface area contributed by atoms with Crippen molar-refractivity contribution in [2.24, 2.45) is 5.92 Å². The lowest BCUT2D eigenvalue weighted by Crippen LogP contribution is -2.03. The number of rotatable bonds is 11. The van der Waals surface area contributed by atoms with Crippen molar-refractivity contribution >= 4 is 36.8 Å². The third-order valence-corrected chi connectivity index (χ3v) is 2.86. The fourth-order valence-electron chi connectivity index (χ4n) is 1.88. The van der Waals surface area contributed by atoms with E-state index in [1.165, 1.54) is 0 Å². The van der Waals surface area contributed by atoms with Crippen LogP contribution in [0.1, 0.15) is 64.7 Å². The van der Waals surface area contributed by atoms with Crippen LogP contribution in [0.2, 0.25) is 0 Å². The average Bonchev–Trinajstić information content (AvgIpc) is 2.20. The normalized spacial score (nSPS) is 11.0. The SMILES string of the molecule is CC(CCCCCCCCC(=O)O)CC(=O)O.Cl.Cl. The largest absolute Gasteiger partial charge is 0.481 e. The molecule has 0 rings (SSSR count). The molecular weight excluding hydrogens is 291 g/mol. The highest BCUT2D eigenvalue weighted by molar-refractivity contribution is 5.85. The summed E-state index contributed by atoms with van der Waals surface area (Å²) in [6.07, 6.45) is 7.67. The summed E-state index contributed by atoms with van der Waals surface area (Å²) >= 11 is 0. The Morgan fingerprint density at radius 3 is 1.79 bits per heavy atom. The van der Waals surface area contributed by atoms with Gasteiger partial charge in [0.25, 0.3) is 0 Å². The molecular formula is C13H26Cl2O4. The number of unbranched alkanes of at least 4 members (excludes halogenated alkanes) is 5. The predicted molar refractivity (Wildman–Crippen MR) is 80.5 cm³/mol. The number of aliphatic carboxylic acids is 2. The van der Waals surface area contributed by atoms with Crippen molar-refractivity contribution < 1.29 is 19.8 Å². The van der Waals surface area contributed by atoms with E-state index in [2.05, 4.69) is 0 Å². The highest BCUT2D eigenvalue weighted by Gasteiger charge is 2.06. The van der Waals surface area contributed by atoms with Gasteiger partial charge in [0.2, 0.25) is 0 Å². The molecule has 0 aliphatic rings. The van der Waals surface area contributed by atoms with Crippen molar-refractivity contribution in [3.63, 3.8) is 0 Å². The maximum absolute atomic E-state index is 10.4. The van der Waals surface area contributed by atoms with Crippen molar-refractivity contribution in [1.82, 2.24) is 0 Å². The zero-order valence-electron chi connectivity index (χ0n) is 11.5. The van der Waals surface area contributed by atoms with Crippen molar-refractivity contribution in [3.05, 3.63) is 0 Å². The Hall–Kier alpha value is -0.480. The van der Waals surface area contributed by atoms with Gasteiger partial charge < -0.3 is 10.2 Å². The molecule has 0 aromatic heterocycles. The van der Waals surface area contributed by atoms with E-state index >= 15 is 0 Å². The second-order valence-corrected chi connectivity index (χ2v) is 4.76. The maximum atomic E-state index is 10.4. The summed E-state index contributed by atoms with van der Waals surface area (Å²) in [5.41, 5.74) is 0. The molecule has 19 heavy (non-hydrogen) atoms. The molecule has 0 aliphatic carbocycles. The first-order valence-corrected chi connectivity index (χ1v) is 6.46. The highest BCUT2D eigenvalue weighted by atomic mass is 35.5. The van der Waals surface area contributed by atoms with Gasteiger partial charge in [-0.1, -0.05) is 45.4 Å². The molecule has 6 heteroatoms. The molecule has 2 N–H and O–H groups in total. The van der Waals surface area contributed by atoms with Crippen LogP contribution in [0.25, 0.3) is 0 Å². The van der Waals surface area contributed by atoms with E-state index in [-0.39, 0.29) is 43.6 Å². The standard InChI is InChI=1S/C13H24O4.2ClH/c1-11(10-13(16)17)8-6-4-2-3-5-7-9-12(14)15;;/h11H,2-10H2,1H3,(H,14,15)(H,16,17);2*1H. The Bertz CT molecular complexity index is 235. The molecule has 1 unspecified atom stereocenters. The van der Waals surface area contributed by atoms with E-state index in [4.69, 9.17) is 10.2 Å². The molecule has 0 fully saturated rings. The second kappa shape index (κ2) is 15.6. The minimum absolute atomic E-state index is 0. The summed E-state index contributed by atoms with van der Waals surface area (Å²) in [6, 6.07) is 0. The van der Waals surface area contributed by atoms with Crippen molar-refractivity contribution in [2.45, 2.75) is 64.7 Å². The number of carbonyl (C=O) groups is 2. The van der Waals surface area contributed by atoms with Gasteiger partial charge in [0.15, 0.2) is 0 Å². The molecule has 0 amide bonds. The van der Waals surface area contributed by atoms with Crippen LogP contribution in [0.3, 0.4) is 0 Å². The van der Waals surface area contributed by atoms with E-state index in [1.54, 1.807) is 0 Å². The molecule has 0 aromatic rings. The molecule has 116 valence electrons. The maximum Gasteiger partial charge on any atom is 0.303 e. The number of hydrogen-bond acceptors (Lipinski definition) is 2. The fraction of sp³-hybridized carbons (Fsp3) is 0.846. The summed E-state index contributed by atoms with van der Waals surface area (Å²) in [7, 11) is 0. The van der Waals surface area contributed by atoms with Crippen molar-refractivity contribution in [2.75, 3.05) is 0 Å². The Labute approximate surface area is 127 Å². The minimum atomic E-state index is -0.717. The topological polar surface area (TPSA) is 74.6 Å². The first-order valence-electron chi connectivity index (χ1n) is 6.46. The van der Waals surface area contributed by atoms with E-state index in [0.717, 1.165) is 44.9 Å². The average molecular weight is 317 g/mol. The van der Waals surface area contributed by atoms with Gasteiger partial charge >= 0.3 is 11.9 Å². The van der Waals surface area contributed by atoms with Gasteiger partial charge in [0, 0.05) is 12.8 Å². The smallest absolute Gasteiger partial charge is 0.303 e. The Morgan fingerprint density at radius 1 is 0.842 bits per heavy atom. The van der Waals surface area contributed by atoms with Gasteiger partial charge in [-0.3, -0.25) is 9.59 Å². The Balaban J connectivity index is -0.00000128. The summed E-state index contributed by atoms with van der Waals surface area (Å²) in [5, 5.41) is 17.0. The molecule has 0 saturated heterocycles. The minimum Gasteiger partial charge on any atom is -0.481 e. The summed E-state index contributed by atoms with van der Waals surface area (Å²) in [6.45, 7) is 1.97. The Kier molecular flexibility index (Phi) is 19.3. The van der Waals surface area contributed by atoms with Crippen LogP contribution in [0, 0.1) is 5.92 Å². The van der Waals surface area contributed by atoms with Gasteiger partial charge in [-0.25, -0.2) is 0 Å². The number of carboxylic acid groups (broad SMARTS) is 2. The molecule has 0 heterocycles. The lowest BCUT2D eigenvalue weighted by atomic mass is 9.99. The molecule has 0 bridgehead atoms. The van der Waals surface area contributed by atoms with Gasteiger partial charge in [-0.2, -0.15) is 0 Å². The zero-order chi connectivity index (χ0) is 13.1. The number of carboxylic acids is 2. The zero-order valence-corrected chi connectivity index (χ0v) is 13.1. The molecule has 0 aliphatic heterocycles. The monoisotopic (exact) mass is 316 g/mol. The van der Waals surface area contributed by atoms with Crippen LogP contribution in [-0.2, 0) is 9.59 Å². The first kappa shape index (κ1) is 23.6. The number of hydrogen-bond donors (Lipinski definition) is 2. The van der Waals surface area contributed by atoms with Crippen molar-refractivity contribution in [1.29, 1.82) is 0 Å². The lowest BCUT2D eigenvalue weighted by Gasteiger charge is -2.07.